The highest BCUT2D eigenvalue weighted by Crippen LogP contribution is 2.24. The number of aromatic nitrogens is 2. The van der Waals surface area contributed by atoms with Gasteiger partial charge < -0.3 is 15.0 Å². The number of imidazole rings is 1. The minimum Gasteiger partial charge on any atom is -0.479 e. The zero-order valence-electron chi connectivity index (χ0n) is 11.1. The molecule has 0 unspecified atom stereocenters. The number of hydrogen-bond acceptors (Lipinski definition) is 3. The van der Waals surface area contributed by atoms with Crippen molar-refractivity contribution in [3.05, 3.63) is 47.5 Å². The third kappa shape index (κ3) is 3.74. The van der Waals surface area contributed by atoms with Crippen molar-refractivity contribution in [3.63, 3.8) is 0 Å². The molecule has 0 saturated heterocycles. The van der Waals surface area contributed by atoms with E-state index in [4.69, 9.17) is 16.3 Å². The summed E-state index contributed by atoms with van der Waals surface area (Å²) < 4.78 is 5.65. The maximum absolute atomic E-state index is 12.1. The summed E-state index contributed by atoms with van der Waals surface area (Å²) in [7, 11) is 0. The summed E-state index contributed by atoms with van der Waals surface area (Å²) in [6.45, 7) is 2.22. The molecule has 1 atom stereocenters. The van der Waals surface area contributed by atoms with Crippen molar-refractivity contribution in [3.8, 4) is 5.75 Å². The van der Waals surface area contributed by atoms with Gasteiger partial charge in [0.15, 0.2) is 6.10 Å². The Hall–Kier alpha value is -2.01. The van der Waals surface area contributed by atoms with Crippen molar-refractivity contribution in [2.75, 3.05) is 0 Å². The predicted molar refractivity (Wildman–Crippen MR) is 76.6 cm³/mol. The molecule has 0 bridgehead atoms. The molecule has 5 nitrogen and oxygen atoms in total. The lowest BCUT2D eigenvalue weighted by atomic mass is 10.2. The zero-order valence-corrected chi connectivity index (χ0v) is 11.9. The van der Waals surface area contributed by atoms with E-state index < -0.39 is 6.10 Å². The van der Waals surface area contributed by atoms with Gasteiger partial charge in [0.2, 0.25) is 0 Å². The molecule has 0 aliphatic carbocycles. The molecule has 106 valence electrons. The van der Waals surface area contributed by atoms with Crippen molar-refractivity contribution >= 4 is 17.5 Å². The Labute approximate surface area is 122 Å². The van der Waals surface area contributed by atoms with Crippen LogP contribution in [0.2, 0.25) is 5.02 Å². The number of benzene rings is 1. The number of hydrogen-bond donors (Lipinski definition) is 2. The second-order valence-corrected chi connectivity index (χ2v) is 4.61. The van der Waals surface area contributed by atoms with Gasteiger partial charge in [-0.1, -0.05) is 30.7 Å². The van der Waals surface area contributed by atoms with Gasteiger partial charge in [0.1, 0.15) is 11.6 Å². The molecular formula is C14H16ClN3O2. The maximum atomic E-state index is 12.1. The van der Waals surface area contributed by atoms with Gasteiger partial charge in [-0.15, -0.1) is 0 Å². The number of halogens is 1. The molecule has 0 spiro atoms. The van der Waals surface area contributed by atoms with Gasteiger partial charge in [-0.3, -0.25) is 4.79 Å². The Morgan fingerprint density at radius 1 is 1.50 bits per heavy atom. The number of carbonyl (C=O) groups excluding carboxylic acids is 1. The van der Waals surface area contributed by atoms with Crippen molar-refractivity contribution in [1.82, 2.24) is 15.3 Å². The number of nitrogens with zero attached hydrogens (tertiary/aromatic N) is 1. The zero-order chi connectivity index (χ0) is 14.4. The standard InChI is InChI=1S/C14H16ClN3O2/c1-2-11(20-12-6-4-3-5-10(12)15)14(19)18-9-13-16-7-8-17-13/h3-8,11H,2,9H2,1H3,(H,16,17)(H,18,19)/t11-/m1/s1. The Kier molecular flexibility index (Phi) is 5.01. The average molecular weight is 294 g/mol. The highest BCUT2D eigenvalue weighted by Gasteiger charge is 2.19. The summed E-state index contributed by atoms with van der Waals surface area (Å²) in [4.78, 5) is 19.0. The van der Waals surface area contributed by atoms with Crippen LogP contribution in [0.4, 0.5) is 0 Å². The van der Waals surface area contributed by atoms with E-state index in [0.29, 0.717) is 29.6 Å². The van der Waals surface area contributed by atoms with Crippen molar-refractivity contribution in [2.45, 2.75) is 26.0 Å². The molecular weight excluding hydrogens is 278 g/mol. The number of H-pyrrole nitrogens is 1. The molecule has 1 heterocycles. The quantitative estimate of drug-likeness (QED) is 0.860. The molecule has 6 heteroatoms. The smallest absolute Gasteiger partial charge is 0.261 e. The van der Waals surface area contributed by atoms with Gasteiger partial charge in [0.25, 0.3) is 5.91 Å². The van der Waals surface area contributed by atoms with Crippen LogP contribution >= 0.6 is 11.6 Å². The second kappa shape index (κ2) is 6.96. The lowest BCUT2D eigenvalue weighted by Gasteiger charge is -2.17. The molecule has 2 rings (SSSR count). The fourth-order valence-electron chi connectivity index (χ4n) is 1.70. The summed E-state index contributed by atoms with van der Waals surface area (Å²) >= 11 is 6.02. The second-order valence-electron chi connectivity index (χ2n) is 4.20. The lowest BCUT2D eigenvalue weighted by molar-refractivity contribution is -0.128. The van der Waals surface area contributed by atoms with Gasteiger partial charge in [-0.05, 0) is 18.6 Å². The maximum Gasteiger partial charge on any atom is 0.261 e. The van der Waals surface area contributed by atoms with Gasteiger partial charge in [0.05, 0.1) is 11.6 Å². The molecule has 2 aromatic rings. The third-order valence-corrected chi connectivity index (χ3v) is 3.07. The van der Waals surface area contributed by atoms with E-state index in [-0.39, 0.29) is 5.91 Å². The van der Waals surface area contributed by atoms with Crippen molar-refractivity contribution in [1.29, 1.82) is 0 Å². The van der Waals surface area contributed by atoms with Crippen molar-refractivity contribution in [2.24, 2.45) is 0 Å². The fourth-order valence-corrected chi connectivity index (χ4v) is 1.88. The number of ether oxygens (including phenoxy) is 1. The molecule has 1 aromatic carbocycles. The van der Waals surface area contributed by atoms with Crippen LogP contribution in [0, 0.1) is 0 Å². The summed E-state index contributed by atoms with van der Waals surface area (Å²) in [6.07, 6.45) is 3.32. The average Bonchev–Trinajstić information content (AvgIpc) is 2.97. The summed E-state index contributed by atoms with van der Waals surface area (Å²) in [5, 5.41) is 3.27. The lowest BCUT2D eigenvalue weighted by Crippen LogP contribution is -2.37. The fraction of sp³-hybridized carbons (Fsp3) is 0.286. The Bertz CT molecular complexity index is 557. The Morgan fingerprint density at radius 3 is 2.95 bits per heavy atom. The van der Waals surface area contributed by atoms with Crippen LogP contribution < -0.4 is 10.1 Å². The largest absolute Gasteiger partial charge is 0.479 e. The number of nitrogens with one attached hydrogen (secondary N) is 2. The molecule has 2 N–H and O–H groups in total. The predicted octanol–water partition coefficient (Wildman–Crippen LogP) is 2.54. The summed E-state index contributed by atoms with van der Waals surface area (Å²) in [5.74, 6) is 1.02. The molecule has 20 heavy (non-hydrogen) atoms. The molecule has 1 amide bonds. The number of rotatable bonds is 6. The van der Waals surface area contributed by atoms with Crippen LogP contribution in [0.25, 0.3) is 0 Å². The molecule has 0 saturated carbocycles. The molecule has 0 aliphatic rings. The van der Waals surface area contributed by atoms with E-state index in [1.807, 2.05) is 19.1 Å². The Balaban J connectivity index is 1.94. The van der Waals surface area contributed by atoms with Crippen LogP contribution in [0.15, 0.2) is 36.7 Å². The first-order valence-electron chi connectivity index (χ1n) is 6.38. The van der Waals surface area contributed by atoms with E-state index in [0.717, 1.165) is 0 Å². The number of amides is 1. The van der Waals surface area contributed by atoms with Crippen LogP contribution in [-0.2, 0) is 11.3 Å². The first-order chi connectivity index (χ1) is 9.70. The number of para-hydroxylation sites is 1. The summed E-state index contributed by atoms with van der Waals surface area (Å²) in [5.41, 5.74) is 0. The van der Waals surface area contributed by atoms with Gasteiger partial charge in [0, 0.05) is 12.4 Å². The summed E-state index contributed by atoms with van der Waals surface area (Å²) in [6, 6.07) is 7.09. The van der Waals surface area contributed by atoms with Gasteiger partial charge >= 0.3 is 0 Å². The Morgan fingerprint density at radius 2 is 2.30 bits per heavy atom. The van der Waals surface area contributed by atoms with Crippen LogP contribution in [0.5, 0.6) is 5.75 Å². The monoisotopic (exact) mass is 293 g/mol. The molecule has 0 radical (unpaired) electrons. The van der Waals surface area contributed by atoms with Crippen LogP contribution in [0.1, 0.15) is 19.2 Å². The number of carbonyl (C=O) groups is 1. The van der Waals surface area contributed by atoms with Gasteiger partial charge in [-0.2, -0.15) is 0 Å². The first-order valence-corrected chi connectivity index (χ1v) is 6.75. The highest BCUT2D eigenvalue weighted by atomic mass is 35.5. The van der Waals surface area contributed by atoms with E-state index in [1.165, 1.54) is 0 Å². The first kappa shape index (κ1) is 14.4. The number of aromatic amines is 1. The van der Waals surface area contributed by atoms with E-state index in [2.05, 4.69) is 15.3 Å². The van der Waals surface area contributed by atoms with E-state index >= 15 is 0 Å². The van der Waals surface area contributed by atoms with Crippen molar-refractivity contribution < 1.29 is 9.53 Å². The van der Waals surface area contributed by atoms with Crippen LogP contribution in [0.3, 0.4) is 0 Å². The normalized spacial score (nSPS) is 11.9. The van der Waals surface area contributed by atoms with E-state index in [1.54, 1.807) is 24.5 Å². The SMILES string of the molecule is CC[C@@H](Oc1ccccc1Cl)C(=O)NCc1ncc[nH]1. The minimum absolute atomic E-state index is 0.191. The van der Waals surface area contributed by atoms with E-state index in [9.17, 15) is 4.79 Å². The molecule has 0 fully saturated rings. The topological polar surface area (TPSA) is 67.0 Å². The molecule has 1 aromatic heterocycles. The molecule has 0 aliphatic heterocycles. The van der Waals surface area contributed by atoms with Gasteiger partial charge in [-0.25, -0.2) is 4.98 Å². The third-order valence-electron chi connectivity index (χ3n) is 2.75. The van der Waals surface area contributed by atoms with Crippen LogP contribution in [-0.4, -0.2) is 22.0 Å². The highest BCUT2D eigenvalue weighted by molar-refractivity contribution is 6.32. The minimum atomic E-state index is -0.579.